The van der Waals surface area contributed by atoms with Crippen LogP contribution in [0.1, 0.15) is 10.4 Å². The Morgan fingerprint density at radius 1 is 1.47 bits per heavy atom. The Morgan fingerprint density at radius 2 is 2.24 bits per heavy atom. The number of nitrogens with one attached hydrogen (secondary N) is 1. The summed E-state index contributed by atoms with van der Waals surface area (Å²) in [6.45, 7) is 0. The van der Waals surface area contributed by atoms with E-state index in [1.807, 2.05) is 0 Å². The van der Waals surface area contributed by atoms with Crippen LogP contribution in [-0.2, 0) is 0 Å². The molecule has 2 aromatic heterocycles. The summed E-state index contributed by atoms with van der Waals surface area (Å²) in [7, 11) is 0. The molecule has 0 aliphatic carbocycles. The third kappa shape index (κ3) is 2.69. The summed E-state index contributed by atoms with van der Waals surface area (Å²) in [6, 6.07) is 4.83. The van der Waals surface area contributed by atoms with Crippen LogP contribution in [-0.4, -0.2) is 10.9 Å². The lowest BCUT2D eigenvalue weighted by atomic mass is 10.3. The molecule has 2 aromatic rings. The van der Waals surface area contributed by atoms with Crippen molar-refractivity contribution >= 4 is 52.0 Å². The molecule has 0 aliphatic heterocycles. The van der Waals surface area contributed by atoms with Gasteiger partial charge in [-0.1, -0.05) is 23.2 Å². The summed E-state index contributed by atoms with van der Waals surface area (Å²) in [5, 5.41) is 2.57. The molecule has 0 radical (unpaired) electrons. The van der Waals surface area contributed by atoms with E-state index in [9.17, 15) is 4.79 Å². The highest BCUT2D eigenvalue weighted by molar-refractivity contribution is 7.20. The van der Waals surface area contributed by atoms with Crippen LogP contribution in [0.5, 0.6) is 0 Å². The number of nitrogens with zero attached hydrogens (tertiary/aromatic N) is 1. The van der Waals surface area contributed by atoms with Gasteiger partial charge in [-0.05, 0) is 18.2 Å². The van der Waals surface area contributed by atoms with Crippen LogP contribution in [0.15, 0.2) is 24.4 Å². The van der Waals surface area contributed by atoms with Gasteiger partial charge >= 0.3 is 0 Å². The molecule has 0 atom stereocenters. The number of anilines is 2. The molecule has 1 amide bonds. The molecule has 17 heavy (non-hydrogen) atoms. The summed E-state index contributed by atoms with van der Waals surface area (Å²) in [4.78, 5) is 15.8. The normalized spacial score (nSPS) is 10.2. The first kappa shape index (κ1) is 12.2. The van der Waals surface area contributed by atoms with E-state index in [0.717, 1.165) is 11.3 Å². The van der Waals surface area contributed by atoms with Gasteiger partial charge in [0, 0.05) is 6.20 Å². The topological polar surface area (TPSA) is 68.0 Å². The van der Waals surface area contributed by atoms with Crippen LogP contribution >= 0.6 is 34.5 Å². The highest BCUT2D eigenvalue weighted by Crippen LogP contribution is 2.31. The van der Waals surface area contributed by atoms with Crippen molar-refractivity contribution in [2.45, 2.75) is 0 Å². The van der Waals surface area contributed by atoms with E-state index < -0.39 is 0 Å². The van der Waals surface area contributed by atoms with Crippen molar-refractivity contribution in [2.75, 3.05) is 11.1 Å². The number of halogens is 2. The lowest BCUT2D eigenvalue weighted by Crippen LogP contribution is -2.13. The minimum absolute atomic E-state index is 0.302. The van der Waals surface area contributed by atoms with E-state index in [2.05, 4.69) is 10.3 Å². The van der Waals surface area contributed by atoms with Crippen molar-refractivity contribution in [3.05, 3.63) is 38.6 Å². The van der Waals surface area contributed by atoms with Gasteiger partial charge in [0.15, 0.2) is 5.82 Å². The minimum Gasteiger partial charge on any atom is -0.396 e. The van der Waals surface area contributed by atoms with Gasteiger partial charge in [0.2, 0.25) is 0 Å². The molecular formula is C10H7Cl2N3OS. The Labute approximate surface area is 111 Å². The smallest absolute Gasteiger partial charge is 0.259 e. The fourth-order valence-corrected chi connectivity index (χ4v) is 2.65. The van der Waals surface area contributed by atoms with E-state index in [0.29, 0.717) is 25.7 Å². The van der Waals surface area contributed by atoms with Gasteiger partial charge in [0.05, 0.1) is 15.6 Å². The van der Waals surface area contributed by atoms with E-state index in [4.69, 9.17) is 28.9 Å². The molecule has 2 heterocycles. The minimum atomic E-state index is -0.386. The molecule has 0 bridgehead atoms. The predicted octanol–water partition coefficient (Wildman–Crippen LogP) is 3.28. The van der Waals surface area contributed by atoms with Crippen LogP contribution in [0.2, 0.25) is 8.67 Å². The van der Waals surface area contributed by atoms with Gasteiger partial charge in [-0.3, -0.25) is 4.79 Å². The van der Waals surface area contributed by atoms with Crippen LogP contribution in [0.25, 0.3) is 0 Å². The van der Waals surface area contributed by atoms with E-state index >= 15 is 0 Å². The third-order valence-corrected chi connectivity index (χ3v) is 3.46. The number of amides is 1. The lowest BCUT2D eigenvalue weighted by molar-refractivity contribution is 0.102. The maximum Gasteiger partial charge on any atom is 0.259 e. The zero-order valence-corrected chi connectivity index (χ0v) is 10.7. The van der Waals surface area contributed by atoms with Crippen LogP contribution < -0.4 is 11.1 Å². The number of rotatable bonds is 2. The molecule has 0 saturated heterocycles. The van der Waals surface area contributed by atoms with Crippen LogP contribution in [0.4, 0.5) is 11.5 Å². The van der Waals surface area contributed by atoms with E-state index in [-0.39, 0.29) is 5.91 Å². The number of aromatic nitrogens is 1. The second-order valence-corrected chi connectivity index (χ2v) is 5.42. The Kier molecular flexibility index (Phi) is 3.51. The molecule has 3 N–H and O–H groups in total. The molecule has 0 aliphatic rings. The standard InChI is InChI=1S/C10H7Cl2N3OS/c11-7-4-5(8(12)17-7)10(16)15-9-6(13)2-1-3-14-9/h1-4H,13H2,(H,14,15,16). The van der Waals surface area contributed by atoms with Crippen LogP contribution in [0, 0.1) is 0 Å². The van der Waals surface area contributed by atoms with Gasteiger partial charge in [-0.25, -0.2) is 4.98 Å². The first-order valence-corrected chi connectivity index (χ1v) is 6.12. The van der Waals surface area contributed by atoms with Crippen molar-refractivity contribution in [3.8, 4) is 0 Å². The highest BCUT2D eigenvalue weighted by atomic mass is 35.5. The maximum absolute atomic E-state index is 11.9. The SMILES string of the molecule is Nc1cccnc1NC(=O)c1cc(Cl)sc1Cl. The predicted molar refractivity (Wildman–Crippen MR) is 70.9 cm³/mol. The van der Waals surface area contributed by atoms with Crippen molar-refractivity contribution in [1.82, 2.24) is 4.98 Å². The molecular weight excluding hydrogens is 281 g/mol. The molecule has 0 spiro atoms. The van der Waals surface area contributed by atoms with Gasteiger partial charge in [0.1, 0.15) is 4.34 Å². The molecule has 0 saturated carbocycles. The molecule has 0 fully saturated rings. The van der Waals surface area contributed by atoms with Crippen molar-refractivity contribution in [3.63, 3.8) is 0 Å². The number of hydrogen-bond acceptors (Lipinski definition) is 4. The fraction of sp³-hybridized carbons (Fsp3) is 0. The highest BCUT2D eigenvalue weighted by Gasteiger charge is 2.15. The summed E-state index contributed by atoms with van der Waals surface area (Å²) in [6.07, 6.45) is 1.54. The summed E-state index contributed by atoms with van der Waals surface area (Å²) in [5.74, 6) is -0.0839. The lowest BCUT2D eigenvalue weighted by Gasteiger charge is -2.05. The monoisotopic (exact) mass is 287 g/mol. The number of hydrogen-bond donors (Lipinski definition) is 2. The summed E-state index contributed by atoms with van der Waals surface area (Å²) in [5.41, 5.74) is 6.36. The Bertz CT molecular complexity index is 570. The molecule has 0 unspecified atom stereocenters. The average molecular weight is 288 g/mol. The van der Waals surface area contributed by atoms with Gasteiger partial charge in [-0.15, -0.1) is 11.3 Å². The number of nitrogens with two attached hydrogens (primary N) is 1. The first-order chi connectivity index (χ1) is 8.08. The van der Waals surface area contributed by atoms with Crippen molar-refractivity contribution < 1.29 is 4.79 Å². The zero-order chi connectivity index (χ0) is 12.4. The van der Waals surface area contributed by atoms with E-state index in [1.54, 1.807) is 12.1 Å². The largest absolute Gasteiger partial charge is 0.396 e. The Balaban J connectivity index is 2.23. The number of nitrogen functional groups attached to an aromatic ring is 1. The molecule has 7 heteroatoms. The second kappa shape index (κ2) is 4.91. The number of pyridine rings is 1. The zero-order valence-electron chi connectivity index (χ0n) is 8.41. The fourth-order valence-electron chi connectivity index (χ4n) is 1.19. The molecule has 88 valence electrons. The molecule has 4 nitrogen and oxygen atoms in total. The van der Waals surface area contributed by atoms with Crippen LogP contribution in [0.3, 0.4) is 0 Å². The Morgan fingerprint density at radius 3 is 2.82 bits per heavy atom. The molecule has 0 aromatic carbocycles. The van der Waals surface area contributed by atoms with Crippen molar-refractivity contribution in [2.24, 2.45) is 0 Å². The average Bonchev–Trinajstić information content (AvgIpc) is 2.61. The molecule has 2 rings (SSSR count). The summed E-state index contributed by atoms with van der Waals surface area (Å²) >= 11 is 12.8. The van der Waals surface area contributed by atoms with Crippen molar-refractivity contribution in [1.29, 1.82) is 0 Å². The Hall–Kier alpha value is -1.30. The first-order valence-electron chi connectivity index (χ1n) is 4.54. The summed E-state index contributed by atoms with van der Waals surface area (Å²) < 4.78 is 0.788. The number of carbonyl (C=O) groups excluding carboxylic acids is 1. The van der Waals surface area contributed by atoms with Gasteiger partial charge < -0.3 is 11.1 Å². The maximum atomic E-state index is 11.9. The van der Waals surface area contributed by atoms with E-state index in [1.165, 1.54) is 12.3 Å². The number of thiophene rings is 1. The van der Waals surface area contributed by atoms with Gasteiger partial charge in [-0.2, -0.15) is 0 Å². The second-order valence-electron chi connectivity index (χ2n) is 3.13. The van der Waals surface area contributed by atoms with Gasteiger partial charge in [0.25, 0.3) is 5.91 Å². The quantitative estimate of drug-likeness (QED) is 0.891. The number of carbonyl (C=O) groups is 1. The third-order valence-electron chi connectivity index (χ3n) is 1.97.